The molecule has 1 heterocycles. The molecule has 1 aliphatic heterocycles. The third kappa shape index (κ3) is 4.33. The Hall–Kier alpha value is -0.480. The van der Waals surface area contributed by atoms with Crippen molar-refractivity contribution in [2.45, 2.75) is 19.3 Å². The molecule has 1 fully saturated rings. The lowest BCUT2D eigenvalue weighted by Crippen LogP contribution is -2.37. The van der Waals surface area contributed by atoms with E-state index in [-0.39, 0.29) is 18.5 Å². The number of halogens is 1. The summed E-state index contributed by atoms with van der Waals surface area (Å²) in [6.07, 6.45) is 3.25. The molecule has 0 aromatic heterocycles. The second kappa shape index (κ2) is 6.97. The van der Waals surface area contributed by atoms with Gasteiger partial charge in [0, 0.05) is 13.1 Å². The molecule has 5 heteroatoms. The molecular weight excluding hydrogens is 192 g/mol. The molecule has 1 aliphatic rings. The van der Waals surface area contributed by atoms with Crippen molar-refractivity contribution >= 4 is 18.5 Å². The quantitative estimate of drug-likeness (QED) is 0.694. The lowest BCUT2D eigenvalue weighted by molar-refractivity contribution is 0.0905. The number of piperidine rings is 1. The Balaban J connectivity index is 0.00000144. The summed E-state index contributed by atoms with van der Waals surface area (Å²) in [6.45, 7) is 2.00. The van der Waals surface area contributed by atoms with Crippen LogP contribution in [0.5, 0.6) is 0 Å². The third-order valence-electron chi connectivity index (χ3n) is 1.95. The molecule has 0 spiro atoms. The average Bonchev–Trinajstić information content (AvgIpc) is 2.15. The van der Waals surface area contributed by atoms with E-state index in [0.717, 1.165) is 25.9 Å². The first-order valence-corrected chi connectivity index (χ1v) is 4.41. The number of ether oxygens (including phenoxy) is 1. The lowest BCUT2D eigenvalue weighted by atomic mass is 10.1. The molecule has 13 heavy (non-hydrogen) atoms. The Morgan fingerprint density at radius 2 is 2.00 bits per heavy atom. The predicted molar refractivity (Wildman–Crippen MR) is 53.1 cm³/mol. The van der Waals surface area contributed by atoms with Crippen molar-refractivity contribution in [3.63, 3.8) is 0 Å². The lowest BCUT2D eigenvalue weighted by Gasteiger charge is -2.25. The van der Waals surface area contributed by atoms with Crippen molar-refractivity contribution in [1.82, 2.24) is 10.2 Å². The minimum absolute atomic E-state index is 0. The average molecular weight is 209 g/mol. The number of rotatable bonds is 2. The van der Waals surface area contributed by atoms with Crippen LogP contribution >= 0.6 is 12.4 Å². The highest BCUT2D eigenvalue weighted by atomic mass is 35.5. The van der Waals surface area contributed by atoms with Gasteiger partial charge in [0.2, 0.25) is 0 Å². The number of amides is 1. The maximum Gasteiger partial charge on any atom is 0.411 e. The van der Waals surface area contributed by atoms with E-state index in [1.54, 1.807) is 11.9 Å². The molecule has 1 rings (SSSR count). The van der Waals surface area contributed by atoms with Crippen molar-refractivity contribution in [3.8, 4) is 0 Å². The molecule has 0 unspecified atom stereocenters. The summed E-state index contributed by atoms with van der Waals surface area (Å²) in [5, 5.41) is 2.77. The molecule has 4 nitrogen and oxygen atoms in total. The van der Waals surface area contributed by atoms with Crippen LogP contribution < -0.4 is 5.32 Å². The van der Waals surface area contributed by atoms with Crippen LogP contribution in [0.4, 0.5) is 4.79 Å². The van der Waals surface area contributed by atoms with Crippen molar-refractivity contribution < 1.29 is 9.53 Å². The second-order valence-electron chi connectivity index (χ2n) is 2.96. The molecule has 0 aliphatic carbocycles. The molecule has 0 bridgehead atoms. The summed E-state index contributed by atoms with van der Waals surface area (Å²) in [5.74, 6) is 0. The van der Waals surface area contributed by atoms with Gasteiger partial charge in [-0.05, 0) is 26.3 Å². The highest BCUT2D eigenvalue weighted by molar-refractivity contribution is 5.85. The third-order valence-corrected chi connectivity index (χ3v) is 1.95. The minimum atomic E-state index is -0.191. The first-order valence-electron chi connectivity index (χ1n) is 4.41. The standard InChI is InChI=1S/C8H16N2O2.ClH/c1-9-7-12-8(11)10-5-3-2-4-6-10;/h9H,2-7H2,1H3;1H. The summed E-state index contributed by atoms with van der Waals surface area (Å²) < 4.78 is 4.91. The number of nitrogens with one attached hydrogen (secondary N) is 1. The fraction of sp³-hybridized carbons (Fsp3) is 0.875. The van der Waals surface area contributed by atoms with Gasteiger partial charge < -0.3 is 9.64 Å². The van der Waals surface area contributed by atoms with Gasteiger partial charge in [-0.25, -0.2) is 4.79 Å². The van der Waals surface area contributed by atoms with E-state index in [1.807, 2.05) is 0 Å². The van der Waals surface area contributed by atoms with Crippen LogP contribution in [0.15, 0.2) is 0 Å². The van der Waals surface area contributed by atoms with Crippen molar-refractivity contribution in [2.75, 3.05) is 26.9 Å². The normalized spacial score (nSPS) is 16.2. The summed E-state index contributed by atoms with van der Waals surface area (Å²) in [4.78, 5) is 13.0. The number of hydrogen-bond donors (Lipinski definition) is 1. The van der Waals surface area contributed by atoms with E-state index in [1.165, 1.54) is 6.42 Å². The van der Waals surface area contributed by atoms with Crippen LogP contribution in [-0.2, 0) is 4.74 Å². The fourth-order valence-corrected chi connectivity index (χ4v) is 1.30. The van der Waals surface area contributed by atoms with Gasteiger partial charge in [0.15, 0.2) is 0 Å². The maximum atomic E-state index is 11.2. The van der Waals surface area contributed by atoms with Crippen LogP contribution in [0.1, 0.15) is 19.3 Å². The topological polar surface area (TPSA) is 41.6 Å². The highest BCUT2D eigenvalue weighted by Gasteiger charge is 2.16. The molecule has 1 N–H and O–H groups in total. The van der Waals surface area contributed by atoms with E-state index >= 15 is 0 Å². The van der Waals surface area contributed by atoms with Gasteiger partial charge in [0.05, 0.1) is 0 Å². The smallest absolute Gasteiger partial charge is 0.411 e. The fourth-order valence-electron chi connectivity index (χ4n) is 1.30. The molecule has 0 atom stereocenters. The molecule has 1 saturated heterocycles. The summed E-state index contributed by atoms with van der Waals surface area (Å²) in [6, 6.07) is 0. The minimum Gasteiger partial charge on any atom is -0.433 e. The van der Waals surface area contributed by atoms with Crippen LogP contribution in [0.2, 0.25) is 0 Å². The number of likely N-dealkylation sites (tertiary alicyclic amines) is 1. The van der Waals surface area contributed by atoms with E-state index in [4.69, 9.17) is 4.74 Å². The highest BCUT2D eigenvalue weighted by Crippen LogP contribution is 2.09. The summed E-state index contributed by atoms with van der Waals surface area (Å²) in [5.41, 5.74) is 0. The molecule has 0 saturated carbocycles. The zero-order valence-electron chi connectivity index (χ0n) is 7.91. The van der Waals surface area contributed by atoms with Crippen LogP contribution in [0.25, 0.3) is 0 Å². The Bertz CT molecular complexity index is 149. The van der Waals surface area contributed by atoms with Gasteiger partial charge >= 0.3 is 6.09 Å². The zero-order chi connectivity index (χ0) is 8.81. The molecule has 1 amide bonds. The Morgan fingerprint density at radius 1 is 1.38 bits per heavy atom. The van der Waals surface area contributed by atoms with Crippen LogP contribution in [0.3, 0.4) is 0 Å². The van der Waals surface area contributed by atoms with Gasteiger partial charge in [0.1, 0.15) is 6.73 Å². The summed E-state index contributed by atoms with van der Waals surface area (Å²) >= 11 is 0. The SMILES string of the molecule is CNCOC(=O)N1CCCCC1.Cl. The molecule has 0 radical (unpaired) electrons. The Labute approximate surface area is 85.0 Å². The Morgan fingerprint density at radius 3 is 2.54 bits per heavy atom. The second-order valence-corrected chi connectivity index (χ2v) is 2.96. The number of carbonyl (C=O) groups excluding carboxylic acids is 1. The van der Waals surface area contributed by atoms with Gasteiger partial charge in [0.25, 0.3) is 0 Å². The first kappa shape index (κ1) is 12.5. The Kier molecular flexibility index (Phi) is 6.72. The number of carbonyl (C=O) groups is 1. The zero-order valence-corrected chi connectivity index (χ0v) is 8.73. The van der Waals surface area contributed by atoms with Gasteiger partial charge in [-0.2, -0.15) is 0 Å². The van der Waals surface area contributed by atoms with Crippen molar-refractivity contribution in [3.05, 3.63) is 0 Å². The molecule has 78 valence electrons. The molecule has 0 aromatic carbocycles. The van der Waals surface area contributed by atoms with E-state index in [2.05, 4.69) is 5.32 Å². The van der Waals surface area contributed by atoms with Gasteiger partial charge in [-0.15, -0.1) is 12.4 Å². The monoisotopic (exact) mass is 208 g/mol. The van der Waals surface area contributed by atoms with E-state index in [9.17, 15) is 4.79 Å². The van der Waals surface area contributed by atoms with Gasteiger partial charge in [-0.1, -0.05) is 0 Å². The van der Waals surface area contributed by atoms with Crippen molar-refractivity contribution in [2.24, 2.45) is 0 Å². The van der Waals surface area contributed by atoms with Crippen molar-refractivity contribution in [1.29, 1.82) is 0 Å². The number of hydrogen-bond acceptors (Lipinski definition) is 3. The predicted octanol–water partition coefficient (Wildman–Crippen LogP) is 1.21. The number of nitrogens with zero attached hydrogens (tertiary/aromatic N) is 1. The largest absolute Gasteiger partial charge is 0.433 e. The van der Waals surface area contributed by atoms with E-state index < -0.39 is 0 Å². The molecule has 0 aromatic rings. The summed E-state index contributed by atoms with van der Waals surface area (Å²) in [7, 11) is 1.75. The van der Waals surface area contributed by atoms with Gasteiger partial charge in [-0.3, -0.25) is 5.32 Å². The van der Waals surface area contributed by atoms with Crippen LogP contribution in [-0.4, -0.2) is 37.9 Å². The first-order chi connectivity index (χ1) is 5.84. The maximum absolute atomic E-state index is 11.2. The van der Waals surface area contributed by atoms with E-state index in [0.29, 0.717) is 6.73 Å². The molecular formula is C8H17ClN2O2. The van der Waals surface area contributed by atoms with Crippen LogP contribution in [0, 0.1) is 0 Å².